The molecule has 2 aromatic heterocycles. The van der Waals surface area contributed by atoms with E-state index in [1.165, 1.54) is 39.0 Å². The molecule has 6 nitrogen and oxygen atoms in total. The Morgan fingerprint density at radius 2 is 1.00 bits per heavy atom. The molecule has 0 aliphatic carbocycles. The standard InChI is InChI=1S/C22H25N3O.C21H23N2.Pd/c1-11-7-12(2)9-17(8-11)19(20-13(3)10-14(4)24-20)21-15(5)18(22(23)26)16(6)25-21;1-12-7-13(2)9-18(8-12)19(20-14(3)10-16(5)22-20)21-15(4)11-17(6)23-21;/h7-10H,1-6H3,(H3,23,24,25,26);7-11H,1-6H3;/q;-1;+2/p-1/b;20-19-;. The number of rotatable bonds is 5. The SMILES string of the molecule is CC1=CC(C)=N/C1=C(/c1cc(C)cc(C)c1)c1[n-]c(C)cc1C.CC1=N/C(=C(/c2cc(C)cc(C)c2)c2[n-]c(C)cc2C)C(C)=C1C(N)=O.[Pd+2]. The Kier molecular flexibility index (Phi) is 11.6. The topological polar surface area (TPSA) is 96.0 Å². The number of aryl methyl sites for hydroxylation is 8. The molecule has 2 aromatic carbocycles. The molecular formula is C43H47N5OPd. The quantitative estimate of drug-likeness (QED) is 0.206. The number of hydrogen-bond acceptors (Lipinski definition) is 3. The van der Waals surface area contributed by atoms with Crippen LogP contribution in [0, 0.1) is 55.4 Å². The number of nitrogens with two attached hydrogens (primary N) is 1. The Morgan fingerprint density at radius 1 is 0.580 bits per heavy atom. The molecule has 7 heteroatoms. The molecule has 0 radical (unpaired) electrons. The summed E-state index contributed by atoms with van der Waals surface area (Å²) in [5.74, 6) is -0.443. The molecule has 0 atom stereocenters. The van der Waals surface area contributed by atoms with Gasteiger partial charge in [-0.1, -0.05) is 95.8 Å². The van der Waals surface area contributed by atoms with E-state index in [-0.39, 0.29) is 20.4 Å². The van der Waals surface area contributed by atoms with Crippen molar-refractivity contribution in [2.75, 3.05) is 0 Å². The van der Waals surface area contributed by atoms with E-state index >= 15 is 0 Å². The third kappa shape index (κ3) is 7.91. The molecule has 2 aliphatic rings. The van der Waals surface area contributed by atoms with E-state index in [2.05, 4.69) is 103 Å². The summed E-state index contributed by atoms with van der Waals surface area (Å²) >= 11 is 0. The van der Waals surface area contributed by atoms with Crippen molar-refractivity contribution in [1.29, 1.82) is 0 Å². The maximum absolute atomic E-state index is 11.9. The number of carbonyl (C=O) groups is 1. The van der Waals surface area contributed by atoms with Crippen molar-refractivity contribution in [3.63, 3.8) is 0 Å². The van der Waals surface area contributed by atoms with Gasteiger partial charge in [0, 0.05) is 5.71 Å². The minimum Gasteiger partial charge on any atom is -0.661 e. The maximum Gasteiger partial charge on any atom is 2.00 e. The van der Waals surface area contributed by atoms with Gasteiger partial charge in [-0.25, -0.2) is 0 Å². The summed E-state index contributed by atoms with van der Waals surface area (Å²) in [7, 11) is 0. The molecule has 0 spiro atoms. The van der Waals surface area contributed by atoms with Crippen molar-refractivity contribution in [3.05, 3.63) is 150 Å². The van der Waals surface area contributed by atoms with Gasteiger partial charge in [0.25, 0.3) is 5.91 Å². The molecule has 2 N–H and O–H groups in total. The van der Waals surface area contributed by atoms with E-state index < -0.39 is 5.91 Å². The van der Waals surface area contributed by atoms with E-state index in [0.717, 1.165) is 67.7 Å². The third-order valence-electron chi connectivity index (χ3n) is 8.85. The summed E-state index contributed by atoms with van der Waals surface area (Å²) in [5.41, 5.74) is 27.2. The molecule has 0 unspecified atom stereocenters. The largest absolute Gasteiger partial charge is 2.00 e. The summed E-state index contributed by atoms with van der Waals surface area (Å²) in [6.07, 6.45) is 2.14. The Labute approximate surface area is 311 Å². The van der Waals surface area contributed by atoms with Gasteiger partial charge in [-0.2, -0.15) is 11.4 Å². The van der Waals surface area contributed by atoms with Crippen LogP contribution in [0.4, 0.5) is 0 Å². The van der Waals surface area contributed by atoms with Crippen molar-refractivity contribution in [2.45, 2.75) is 83.1 Å². The number of nitrogens with zero attached hydrogens (tertiary/aromatic N) is 4. The van der Waals surface area contributed by atoms with Gasteiger partial charge in [-0.3, -0.25) is 14.8 Å². The predicted octanol–water partition coefficient (Wildman–Crippen LogP) is 8.97. The van der Waals surface area contributed by atoms with Gasteiger partial charge in [0.05, 0.1) is 22.7 Å². The summed E-state index contributed by atoms with van der Waals surface area (Å²) < 4.78 is 0. The molecule has 260 valence electrons. The fourth-order valence-corrected chi connectivity index (χ4v) is 7.11. The molecule has 0 saturated carbocycles. The molecule has 0 fully saturated rings. The van der Waals surface area contributed by atoms with Crippen LogP contribution in [0.2, 0.25) is 0 Å². The van der Waals surface area contributed by atoms with Crippen LogP contribution in [0.1, 0.15) is 95.0 Å². The Balaban J connectivity index is 0.000000222. The van der Waals surface area contributed by atoms with Crippen LogP contribution in [0.25, 0.3) is 11.1 Å². The zero-order valence-corrected chi connectivity index (χ0v) is 32.8. The number of carbonyl (C=O) groups excluding carboxylic acids is 1. The number of aliphatic imine (C=N–C) groups is 2. The number of benzene rings is 2. The second-order valence-corrected chi connectivity index (χ2v) is 13.7. The molecule has 4 heterocycles. The first-order valence-corrected chi connectivity index (χ1v) is 16.7. The van der Waals surface area contributed by atoms with Crippen LogP contribution in [-0.4, -0.2) is 17.3 Å². The molecule has 0 bridgehead atoms. The van der Waals surface area contributed by atoms with Crippen LogP contribution in [0.5, 0.6) is 0 Å². The molecule has 4 aromatic rings. The fraction of sp³-hybridized carbons (Fsp3) is 0.279. The Bertz CT molecular complexity index is 2170. The first kappa shape index (κ1) is 38.2. The van der Waals surface area contributed by atoms with Gasteiger partial charge in [0.15, 0.2) is 0 Å². The Morgan fingerprint density at radius 3 is 1.32 bits per heavy atom. The molecule has 0 saturated heterocycles. The minimum absolute atomic E-state index is 0. The zero-order valence-electron chi connectivity index (χ0n) is 31.3. The van der Waals surface area contributed by atoms with Gasteiger partial charge in [0.1, 0.15) is 0 Å². The van der Waals surface area contributed by atoms with Crippen LogP contribution in [0.3, 0.4) is 0 Å². The van der Waals surface area contributed by atoms with Crippen LogP contribution >= 0.6 is 0 Å². The second-order valence-electron chi connectivity index (χ2n) is 13.7. The van der Waals surface area contributed by atoms with Gasteiger partial charge in [0.2, 0.25) is 0 Å². The third-order valence-corrected chi connectivity index (χ3v) is 8.85. The van der Waals surface area contributed by atoms with Crippen molar-refractivity contribution in [3.8, 4) is 0 Å². The molecule has 50 heavy (non-hydrogen) atoms. The van der Waals surface area contributed by atoms with Crippen molar-refractivity contribution in [1.82, 2.24) is 9.97 Å². The van der Waals surface area contributed by atoms with Crippen LogP contribution in [-0.2, 0) is 25.2 Å². The van der Waals surface area contributed by atoms with E-state index in [4.69, 9.17) is 25.7 Å². The first-order chi connectivity index (χ1) is 23.0. The average molecular weight is 756 g/mol. The average Bonchev–Trinajstić information content (AvgIpc) is 3.68. The number of amides is 1. The van der Waals surface area contributed by atoms with Crippen molar-refractivity contribution in [2.24, 2.45) is 15.7 Å². The first-order valence-electron chi connectivity index (χ1n) is 16.7. The Hall–Kier alpha value is -4.57. The van der Waals surface area contributed by atoms with Crippen LogP contribution in [0.15, 0.2) is 92.7 Å². The number of allylic oxidation sites excluding steroid dienone is 3. The smallest absolute Gasteiger partial charge is 0.661 e. The van der Waals surface area contributed by atoms with E-state index in [0.29, 0.717) is 11.3 Å². The fourth-order valence-electron chi connectivity index (χ4n) is 7.11. The maximum atomic E-state index is 11.9. The molecule has 2 aliphatic heterocycles. The number of primary amides is 1. The van der Waals surface area contributed by atoms with E-state index in [9.17, 15) is 4.79 Å². The monoisotopic (exact) mass is 755 g/mol. The second kappa shape index (κ2) is 15.1. The predicted molar refractivity (Wildman–Crippen MR) is 204 cm³/mol. The number of hydrogen-bond donors (Lipinski definition) is 1. The van der Waals surface area contributed by atoms with Gasteiger partial charge < -0.3 is 15.7 Å². The van der Waals surface area contributed by atoms with Crippen LogP contribution < -0.4 is 15.7 Å². The minimum atomic E-state index is -0.443. The summed E-state index contributed by atoms with van der Waals surface area (Å²) in [4.78, 5) is 31.0. The normalized spacial score (nSPS) is 16.0. The molecular weight excluding hydrogens is 709 g/mol. The van der Waals surface area contributed by atoms with Gasteiger partial charge >= 0.3 is 20.4 Å². The molecule has 1 amide bonds. The van der Waals surface area contributed by atoms with Crippen molar-refractivity contribution < 1.29 is 25.2 Å². The summed E-state index contributed by atoms with van der Waals surface area (Å²) in [5, 5.41) is 0. The summed E-state index contributed by atoms with van der Waals surface area (Å²) in [6, 6.07) is 17.3. The van der Waals surface area contributed by atoms with Gasteiger partial charge in [-0.05, 0) is 109 Å². The van der Waals surface area contributed by atoms with E-state index in [1.54, 1.807) is 0 Å². The van der Waals surface area contributed by atoms with E-state index in [1.807, 2.05) is 34.6 Å². The summed E-state index contributed by atoms with van der Waals surface area (Å²) in [6.45, 7) is 24.6. The number of aromatic nitrogens is 2. The van der Waals surface area contributed by atoms with Crippen molar-refractivity contribution >= 4 is 28.5 Å². The molecule has 6 rings (SSSR count). The zero-order chi connectivity index (χ0) is 35.9. The van der Waals surface area contributed by atoms with Gasteiger partial charge in [-0.15, -0.1) is 11.4 Å².